The maximum Gasteiger partial charge on any atom is 0.287 e. The van der Waals surface area contributed by atoms with Crippen molar-refractivity contribution in [1.29, 1.82) is 0 Å². The number of amides is 2. The van der Waals surface area contributed by atoms with Gasteiger partial charge in [0.15, 0.2) is 5.76 Å². The van der Waals surface area contributed by atoms with E-state index in [2.05, 4.69) is 10.6 Å². The lowest BCUT2D eigenvalue weighted by Gasteiger charge is -2.12. The van der Waals surface area contributed by atoms with E-state index in [1.807, 2.05) is 0 Å². The van der Waals surface area contributed by atoms with Gasteiger partial charge in [0.05, 0.1) is 6.26 Å². The summed E-state index contributed by atoms with van der Waals surface area (Å²) in [5.74, 6) is -0.308. The molecule has 0 bridgehead atoms. The molecule has 0 aliphatic heterocycles. The molecule has 1 aliphatic carbocycles. The summed E-state index contributed by atoms with van der Waals surface area (Å²) in [5, 5.41) is 5.39. The Morgan fingerprint density at radius 1 is 1.50 bits per heavy atom. The first kappa shape index (κ1) is 10.7. The maximum absolute atomic E-state index is 11.5. The van der Waals surface area contributed by atoms with Crippen molar-refractivity contribution in [1.82, 2.24) is 10.6 Å². The van der Waals surface area contributed by atoms with Gasteiger partial charge in [0, 0.05) is 6.04 Å². The summed E-state index contributed by atoms with van der Waals surface area (Å²) in [4.78, 5) is 23.1. The molecule has 5 heteroatoms. The normalized spacial score (nSPS) is 16.6. The number of carbonyl (C=O) groups excluding carboxylic acids is 2. The number of carbonyl (C=O) groups is 2. The van der Waals surface area contributed by atoms with E-state index in [9.17, 15) is 9.59 Å². The molecule has 1 saturated carbocycles. The van der Waals surface area contributed by atoms with Gasteiger partial charge in [-0.2, -0.15) is 0 Å². The zero-order valence-electron chi connectivity index (χ0n) is 9.03. The minimum atomic E-state index is -0.543. The van der Waals surface area contributed by atoms with Gasteiger partial charge < -0.3 is 15.1 Å². The Hall–Kier alpha value is -1.78. The molecule has 0 unspecified atom stereocenters. The average molecular weight is 222 g/mol. The summed E-state index contributed by atoms with van der Waals surface area (Å²) in [6.45, 7) is 1.65. The molecule has 1 atom stereocenters. The van der Waals surface area contributed by atoms with E-state index in [0.29, 0.717) is 6.04 Å². The fourth-order valence-corrected chi connectivity index (χ4v) is 1.29. The smallest absolute Gasteiger partial charge is 0.287 e. The van der Waals surface area contributed by atoms with Crippen LogP contribution in [0.2, 0.25) is 0 Å². The van der Waals surface area contributed by atoms with Crippen LogP contribution in [0.15, 0.2) is 22.8 Å². The summed E-state index contributed by atoms with van der Waals surface area (Å²) < 4.78 is 4.93. The molecule has 1 heterocycles. The van der Waals surface area contributed by atoms with Crippen molar-refractivity contribution in [2.24, 2.45) is 0 Å². The third-order valence-electron chi connectivity index (χ3n) is 2.41. The zero-order chi connectivity index (χ0) is 11.5. The zero-order valence-corrected chi connectivity index (χ0v) is 9.03. The molecular weight excluding hydrogens is 208 g/mol. The largest absolute Gasteiger partial charge is 0.459 e. The van der Waals surface area contributed by atoms with Crippen molar-refractivity contribution in [3.05, 3.63) is 24.2 Å². The van der Waals surface area contributed by atoms with Gasteiger partial charge in [-0.1, -0.05) is 0 Å². The van der Waals surface area contributed by atoms with Crippen molar-refractivity contribution < 1.29 is 14.0 Å². The molecule has 2 amide bonds. The predicted octanol–water partition coefficient (Wildman–Crippen LogP) is 0.676. The van der Waals surface area contributed by atoms with Crippen molar-refractivity contribution in [2.75, 3.05) is 0 Å². The quantitative estimate of drug-likeness (QED) is 0.786. The second kappa shape index (κ2) is 4.38. The molecule has 2 rings (SSSR count). The summed E-state index contributed by atoms with van der Waals surface area (Å²) in [6.07, 6.45) is 3.49. The molecule has 2 N–H and O–H groups in total. The second-order valence-electron chi connectivity index (χ2n) is 3.96. The molecule has 1 aliphatic rings. The maximum atomic E-state index is 11.5. The number of hydrogen-bond acceptors (Lipinski definition) is 3. The predicted molar refractivity (Wildman–Crippen MR) is 56.8 cm³/mol. The number of nitrogens with one attached hydrogen (secondary N) is 2. The van der Waals surface area contributed by atoms with Gasteiger partial charge in [-0.15, -0.1) is 0 Å². The van der Waals surface area contributed by atoms with Gasteiger partial charge >= 0.3 is 0 Å². The van der Waals surface area contributed by atoms with Gasteiger partial charge in [-0.25, -0.2) is 0 Å². The summed E-state index contributed by atoms with van der Waals surface area (Å²) in [7, 11) is 0. The molecule has 1 aromatic heterocycles. The average Bonchev–Trinajstić information content (AvgIpc) is 2.89. The van der Waals surface area contributed by atoms with Crippen LogP contribution in [0.25, 0.3) is 0 Å². The summed E-state index contributed by atoms with van der Waals surface area (Å²) in [5.41, 5.74) is 0. The fourth-order valence-electron chi connectivity index (χ4n) is 1.29. The van der Waals surface area contributed by atoms with Crippen LogP contribution in [0.3, 0.4) is 0 Å². The van der Waals surface area contributed by atoms with Gasteiger partial charge in [0.1, 0.15) is 6.04 Å². The minimum absolute atomic E-state index is 0.151. The van der Waals surface area contributed by atoms with Crippen LogP contribution in [0.4, 0.5) is 0 Å². The summed E-state index contributed by atoms with van der Waals surface area (Å²) >= 11 is 0. The van der Waals surface area contributed by atoms with Crippen LogP contribution < -0.4 is 10.6 Å². The van der Waals surface area contributed by atoms with E-state index in [-0.39, 0.29) is 17.6 Å². The SMILES string of the molecule is C[C@@H](NC(=O)c1ccco1)C(=O)NC1CC1. The Bertz CT molecular complexity index is 382. The Kier molecular flexibility index (Phi) is 2.94. The van der Waals surface area contributed by atoms with Crippen LogP contribution >= 0.6 is 0 Å². The highest BCUT2D eigenvalue weighted by Crippen LogP contribution is 2.18. The monoisotopic (exact) mass is 222 g/mol. The third-order valence-corrected chi connectivity index (χ3v) is 2.41. The lowest BCUT2D eigenvalue weighted by atomic mass is 10.3. The van der Waals surface area contributed by atoms with E-state index < -0.39 is 6.04 Å². The highest BCUT2D eigenvalue weighted by atomic mass is 16.3. The Morgan fingerprint density at radius 2 is 2.25 bits per heavy atom. The lowest BCUT2D eigenvalue weighted by Crippen LogP contribution is -2.45. The van der Waals surface area contributed by atoms with Crippen molar-refractivity contribution in [3.8, 4) is 0 Å². The van der Waals surface area contributed by atoms with Crippen molar-refractivity contribution >= 4 is 11.8 Å². The number of hydrogen-bond donors (Lipinski definition) is 2. The van der Waals surface area contributed by atoms with Crippen LogP contribution in [0, 0.1) is 0 Å². The molecule has 0 spiro atoms. The fraction of sp³-hybridized carbons (Fsp3) is 0.455. The van der Waals surface area contributed by atoms with Crippen LogP contribution in [-0.2, 0) is 4.79 Å². The number of furan rings is 1. The van der Waals surface area contributed by atoms with E-state index >= 15 is 0 Å². The van der Waals surface area contributed by atoms with Gasteiger partial charge in [-0.05, 0) is 31.9 Å². The van der Waals surface area contributed by atoms with E-state index in [4.69, 9.17) is 4.42 Å². The minimum Gasteiger partial charge on any atom is -0.459 e. The van der Waals surface area contributed by atoms with Crippen molar-refractivity contribution in [2.45, 2.75) is 31.8 Å². The van der Waals surface area contributed by atoms with Gasteiger partial charge in [0.25, 0.3) is 5.91 Å². The molecule has 0 saturated heterocycles. The number of rotatable bonds is 4. The first-order chi connectivity index (χ1) is 7.66. The van der Waals surface area contributed by atoms with E-state index in [1.54, 1.807) is 19.1 Å². The molecule has 1 aromatic rings. The second-order valence-corrected chi connectivity index (χ2v) is 3.96. The molecule has 1 fully saturated rings. The molecular formula is C11H14N2O3. The van der Waals surface area contributed by atoms with Crippen molar-refractivity contribution in [3.63, 3.8) is 0 Å². The topological polar surface area (TPSA) is 71.3 Å². The lowest BCUT2D eigenvalue weighted by molar-refractivity contribution is -0.122. The van der Waals surface area contributed by atoms with Crippen LogP contribution in [0.5, 0.6) is 0 Å². The molecule has 86 valence electrons. The molecule has 0 aromatic carbocycles. The molecule has 16 heavy (non-hydrogen) atoms. The first-order valence-electron chi connectivity index (χ1n) is 5.31. The highest BCUT2D eigenvalue weighted by molar-refractivity contribution is 5.95. The van der Waals surface area contributed by atoms with Gasteiger partial charge in [-0.3, -0.25) is 9.59 Å². The Labute approximate surface area is 93.2 Å². The molecule has 5 nitrogen and oxygen atoms in total. The summed E-state index contributed by atoms with van der Waals surface area (Å²) in [6, 6.07) is 2.94. The first-order valence-corrected chi connectivity index (χ1v) is 5.31. The highest BCUT2D eigenvalue weighted by Gasteiger charge is 2.26. The third kappa shape index (κ3) is 2.62. The Balaban J connectivity index is 1.83. The Morgan fingerprint density at radius 3 is 2.81 bits per heavy atom. The van der Waals surface area contributed by atoms with E-state index in [1.165, 1.54) is 6.26 Å². The van der Waals surface area contributed by atoms with Gasteiger partial charge in [0.2, 0.25) is 5.91 Å². The van der Waals surface area contributed by atoms with E-state index in [0.717, 1.165) is 12.8 Å². The van der Waals surface area contributed by atoms with Crippen LogP contribution in [0.1, 0.15) is 30.3 Å². The standard InChI is InChI=1S/C11H14N2O3/c1-7(10(14)13-8-4-5-8)12-11(15)9-3-2-6-16-9/h2-3,6-8H,4-5H2,1H3,(H,12,15)(H,13,14)/t7-/m1/s1. The van der Waals surface area contributed by atoms with Crippen LogP contribution in [-0.4, -0.2) is 23.9 Å². The molecule has 0 radical (unpaired) electrons.